The molecule has 0 aliphatic rings. The first-order valence-electron chi connectivity index (χ1n) is 4.98. The van der Waals surface area contributed by atoms with Crippen LogP contribution in [0.5, 0.6) is 0 Å². The van der Waals surface area contributed by atoms with Crippen molar-refractivity contribution in [3.05, 3.63) is 43.3 Å². The Balaban J connectivity index is 3.19. The summed E-state index contributed by atoms with van der Waals surface area (Å²) in [4.78, 5) is 12.4. The molecule has 102 valence electrons. The maximum absolute atomic E-state index is 10.7. The number of hydrogen-bond acceptors (Lipinski definition) is 6. The van der Waals surface area contributed by atoms with Gasteiger partial charge in [0.15, 0.2) is 0 Å². The zero-order valence-corrected chi connectivity index (χ0v) is 10.2. The van der Waals surface area contributed by atoms with Crippen molar-refractivity contribution in [2.75, 3.05) is 12.3 Å². The molecule has 9 nitrogen and oxygen atoms in total. The van der Waals surface area contributed by atoms with Gasteiger partial charge in [-0.2, -0.15) is 0 Å². The fourth-order valence-corrected chi connectivity index (χ4v) is 1.67. The van der Waals surface area contributed by atoms with Crippen LogP contribution in [0.15, 0.2) is 17.2 Å². The number of hydrogen-bond donors (Lipinski definition) is 3. The molecule has 1 aromatic carbocycles. The third-order valence-corrected chi connectivity index (χ3v) is 2.58. The van der Waals surface area contributed by atoms with E-state index in [1.165, 1.54) is 6.07 Å². The maximum Gasteiger partial charge on any atom is 0.293 e. The zero-order valence-electron chi connectivity index (χ0n) is 9.47. The Morgan fingerprint density at radius 1 is 1.58 bits per heavy atom. The Labute approximate surface area is 112 Å². The molecular weight excluding hydrogens is 278 g/mol. The molecular formula is C9H10ClN5O4. The van der Waals surface area contributed by atoms with Crippen LogP contribution < -0.4 is 5.73 Å². The van der Waals surface area contributed by atoms with Gasteiger partial charge in [-0.25, -0.2) is 0 Å². The molecule has 2 unspecified atom stereocenters. The largest absolute Gasteiger partial charge is 0.393 e. The van der Waals surface area contributed by atoms with Crippen molar-refractivity contribution in [2.45, 2.75) is 12.2 Å². The fourth-order valence-electron chi connectivity index (χ4n) is 1.45. The van der Waals surface area contributed by atoms with E-state index >= 15 is 0 Å². The topological polar surface area (TPSA) is 158 Å². The summed E-state index contributed by atoms with van der Waals surface area (Å²) in [6.45, 7) is -0.405. The molecule has 1 rings (SSSR count). The van der Waals surface area contributed by atoms with Gasteiger partial charge in [0, 0.05) is 21.6 Å². The summed E-state index contributed by atoms with van der Waals surface area (Å²) >= 11 is 5.68. The number of nitro groups is 1. The van der Waals surface area contributed by atoms with E-state index < -0.39 is 29.4 Å². The summed E-state index contributed by atoms with van der Waals surface area (Å²) < 4.78 is 0. The van der Waals surface area contributed by atoms with Crippen LogP contribution in [0.1, 0.15) is 11.7 Å². The number of aliphatic hydroxyl groups is 2. The highest BCUT2D eigenvalue weighted by molar-refractivity contribution is 6.31. The summed E-state index contributed by atoms with van der Waals surface area (Å²) in [5.74, 6) is 0. The highest BCUT2D eigenvalue weighted by Gasteiger charge is 2.25. The van der Waals surface area contributed by atoms with Gasteiger partial charge in [0.2, 0.25) is 0 Å². The number of nitrogen functional groups attached to an aromatic ring is 1. The standard InChI is InChI=1S/C9H10ClN5O4/c10-4-1-5(8(11)6(2-4)15(18)19)9(17)7(16)3-13-14-12/h1-2,7,9,16-17H,3,11H2. The first-order chi connectivity index (χ1) is 8.88. The lowest BCUT2D eigenvalue weighted by atomic mass is 10.0. The molecule has 0 saturated carbocycles. The molecule has 10 heteroatoms. The first kappa shape index (κ1) is 15.0. The minimum Gasteiger partial charge on any atom is -0.393 e. The molecule has 0 aliphatic carbocycles. The zero-order chi connectivity index (χ0) is 14.6. The van der Waals surface area contributed by atoms with Gasteiger partial charge in [-0.15, -0.1) is 0 Å². The van der Waals surface area contributed by atoms with Crippen LogP contribution in [0, 0.1) is 10.1 Å². The highest BCUT2D eigenvalue weighted by atomic mass is 35.5. The minimum absolute atomic E-state index is 0.00839. The van der Waals surface area contributed by atoms with Crippen LogP contribution in [0.4, 0.5) is 11.4 Å². The second-order valence-electron chi connectivity index (χ2n) is 3.61. The number of azide groups is 1. The van der Waals surface area contributed by atoms with Gasteiger partial charge in [0.25, 0.3) is 5.69 Å². The van der Waals surface area contributed by atoms with Crippen LogP contribution in [-0.2, 0) is 0 Å². The molecule has 0 fully saturated rings. The van der Waals surface area contributed by atoms with Crippen molar-refractivity contribution in [1.82, 2.24) is 0 Å². The third-order valence-electron chi connectivity index (χ3n) is 2.37. The summed E-state index contributed by atoms with van der Waals surface area (Å²) in [6, 6.07) is 2.24. The summed E-state index contributed by atoms with van der Waals surface area (Å²) in [5, 5.41) is 33.2. The number of halogens is 1. The molecule has 2 atom stereocenters. The van der Waals surface area contributed by atoms with Gasteiger partial charge in [-0.1, -0.05) is 16.7 Å². The van der Waals surface area contributed by atoms with Gasteiger partial charge < -0.3 is 15.9 Å². The molecule has 0 heterocycles. The van der Waals surface area contributed by atoms with Gasteiger partial charge in [-0.05, 0) is 11.6 Å². The Bertz CT molecular complexity index is 546. The molecule has 4 N–H and O–H groups in total. The average Bonchev–Trinajstić information content (AvgIpc) is 2.37. The summed E-state index contributed by atoms with van der Waals surface area (Å²) in [7, 11) is 0. The van der Waals surface area contributed by atoms with Gasteiger partial charge in [-0.3, -0.25) is 10.1 Å². The van der Waals surface area contributed by atoms with Crippen molar-refractivity contribution in [1.29, 1.82) is 0 Å². The normalized spacial score (nSPS) is 13.4. The second-order valence-corrected chi connectivity index (χ2v) is 4.05. The Hall–Kier alpha value is -2.06. The van der Waals surface area contributed by atoms with E-state index in [0.29, 0.717) is 0 Å². The van der Waals surface area contributed by atoms with E-state index in [4.69, 9.17) is 22.9 Å². The Morgan fingerprint density at radius 2 is 2.21 bits per heavy atom. The highest BCUT2D eigenvalue weighted by Crippen LogP contribution is 2.34. The lowest BCUT2D eigenvalue weighted by Crippen LogP contribution is -2.22. The lowest BCUT2D eigenvalue weighted by Gasteiger charge is -2.18. The van der Waals surface area contributed by atoms with Crippen molar-refractivity contribution in [2.24, 2.45) is 5.11 Å². The lowest BCUT2D eigenvalue weighted by molar-refractivity contribution is -0.384. The molecule has 0 amide bonds. The Morgan fingerprint density at radius 3 is 2.74 bits per heavy atom. The van der Waals surface area contributed by atoms with Crippen molar-refractivity contribution < 1.29 is 15.1 Å². The molecule has 1 aromatic rings. The second kappa shape index (κ2) is 6.21. The SMILES string of the molecule is [N-]=[N+]=NCC(O)C(O)c1cc(Cl)cc([N+](=O)[O-])c1N. The fraction of sp³-hybridized carbons (Fsp3) is 0.333. The predicted octanol–water partition coefficient (Wildman–Crippen LogP) is 1.53. The van der Waals surface area contributed by atoms with E-state index in [9.17, 15) is 20.3 Å². The number of nitrogens with two attached hydrogens (primary N) is 1. The monoisotopic (exact) mass is 287 g/mol. The maximum atomic E-state index is 10.7. The van der Waals surface area contributed by atoms with Gasteiger partial charge in [0.05, 0.1) is 17.6 Å². The van der Waals surface area contributed by atoms with E-state index in [1.54, 1.807) is 0 Å². The Kier molecular flexibility index (Phi) is 4.90. The first-order valence-corrected chi connectivity index (χ1v) is 5.36. The smallest absolute Gasteiger partial charge is 0.293 e. The molecule has 0 aliphatic heterocycles. The number of anilines is 1. The van der Waals surface area contributed by atoms with Crippen LogP contribution in [-0.4, -0.2) is 27.8 Å². The minimum atomic E-state index is -1.55. The van der Waals surface area contributed by atoms with E-state index in [1.807, 2.05) is 0 Å². The van der Waals surface area contributed by atoms with Crippen molar-refractivity contribution >= 4 is 23.0 Å². The number of benzene rings is 1. The number of rotatable bonds is 5. The molecule has 0 spiro atoms. The number of nitro benzene ring substituents is 1. The van der Waals surface area contributed by atoms with Gasteiger partial charge >= 0.3 is 0 Å². The van der Waals surface area contributed by atoms with Crippen molar-refractivity contribution in [3.63, 3.8) is 0 Å². The van der Waals surface area contributed by atoms with E-state index in [2.05, 4.69) is 10.0 Å². The molecule has 19 heavy (non-hydrogen) atoms. The molecule has 0 bridgehead atoms. The summed E-state index contributed by atoms with van der Waals surface area (Å²) in [5.41, 5.74) is 12.8. The van der Waals surface area contributed by atoms with E-state index in [0.717, 1.165) is 6.07 Å². The van der Waals surface area contributed by atoms with Crippen molar-refractivity contribution in [3.8, 4) is 0 Å². The quantitative estimate of drug-likeness (QED) is 0.187. The van der Waals surface area contributed by atoms with E-state index in [-0.39, 0.29) is 16.3 Å². The number of aliphatic hydroxyl groups excluding tert-OH is 2. The predicted molar refractivity (Wildman–Crippen MR) is 67.5 cm³/mol. The van der Waals surface area contributed by atoms with Crippen LogP contribution in [0.25, 0.3) is 10.4 Å². The molecule has 0 radical (unpaired) electrons. The number of nitrogens with zero attached hydrogens (tertiary/aromatic N) is 4. The summed E-state index contributed by atoms with van der Waals surface area (Å²) in [6.07, 6.45) is -3.00. The van der Waals surface area contributed by atoms with Gasteiger partial charge in [0.1, 0.15) is 11.8 Å². The third kappa shape index (κ3) is 3.46. The molecule has 0 saturated heterocycles. The van der Waals surface area contributed by atoms with Crippen LogP contribution in [0.2, 0.25) is 5.02 Å². The van der Waals surface area contributed by atoms with Crippen LogP contribution >= 0.6 is 11.6 Å². The molecule has 0 aromatic heterocycles. The average molecular weight is 288 g/mol. The van der Waals surface area contributed by atoms with Crippen LogP contribution in [0.3, 0.4) is 0 Å².